The first-order valence-corrected chi connectivity index (χ1v) is 6.49. The molecular formula is C13H16BrN3O. The van der Waals surface area contributed by atoms with Gasteiger partial charge in [0.05, 0.1) is 11.8 Å². The van der Waals surface area contributed by atoms with Gasteiger partial charge >= 0.3 is 0 Å². The summed E-state index contributed by atoms with van der Waals surface area (Å²) < 4.78 is 2.69. The zero-order valence-corrected chi connectivity index (χ0v) is 12.0. The minimum Gasteiger partial charge on any atom is -0.398 e. The second-order valence-electron chi connectivity index (χ2n) is 4.39. The molecule has 1 aromatic carbocycles. The lowest BCUT2D eigenvalue weighted by Gasteiger charge is -2.14. The summed E-state index contributed by atoms with van der Waals surface area (Å²) in [6, 6.07) is 7.47. The monoisotopic (exact) mass is 309 g/mol. The first-order chi connectivity index (χ1) is 8.47. The van der Waals surface area contributed by atoms with Crippen LogP contribution in [0, 0.1) is 6.92 Å². The number of halogens is 1. The van der Waals surface area contributed by atoms with Crippen molar-refractivity contribution in [1.29, 1.82) is 0 Å². The summed E-state index contributed by atoms with van der Waals surface area (Å²) in [6.45, 7) is 1.93. The van der Waals surface area contributed by atoms with Crippen molar-refractivity contribution in [3.63, 3.8) is 0 Å². The second-order valence-corrected chi connectivity index (χ2v) is 5.31. The van der Waals surface area contributed by atoms with Crippen LogP contribution in [0.5, 0.6) is 0 Å². The molecule has 0 fully saturated rings. The molecule has 0 saturated heterocycles. The van der Waals surface area contributed by atoms with Gasteiger partial charge < -0.3 is 10.8 Å². The molecule has 3 N–H and O–H groups in total. The lowest BCUT2D eigenvalue weighted by molar-refractivity contribution is 0.176. The largest absolute Gasteiger partial charge is 0.398 e. The number of anilines is 1. The smallest absolute Gasteiger partial charge is 0.0865 e. The molecule has 18 heavy (non-hydrogen) atoms. The SMILES string of the molecule is Cc1cc(CC(O)c2cc(Br)ccc2N)n(C)n1. The van der Waals surface area contributed by atoms with E-state index in [1.807, 2.05) is 32.2 Å². The zero-order valence-electron chi connectivity index (χ0n) is 10.4. The molecule has 96 valence electrons. The molecule has 5 heteroatoms. The number of aromatic nitrogens is 2. The maximum Gasteiger partial charge on any atom is 0.0865 e. The highest BCUT2D eigenvalue weighted by molar-refractivity contribution is 9.10. The maximum atomic E-state index is 10.3. The van der Waals surface area contributed by atoms with Gasteiger partial charge in [-0.3, -0.25) is 4.68 Å². The quantitative estimate of drug-likeness (QED) is 0.855. The fourth-order valence-electron chi connectivity index (χ4n) is 2.00. The molecular weight excluding hydrogens is 294 g/mol. The Kier molecular flexibility index (Phi) is 3.73. The van der Waals surface area contributed by atoms with E-state index in [9.17, 15) is 5.11 Å². The minimum atomic E-state index is -0.628. The van der Waals surface area contributed by atoms with E-state index < -0.39 is 6.10 Å². The molecule has 0 radical (unpaired) electrons. The Balaban J connectivity index is 2.24. The third-order valence-electron chi connectivity index (χ3n) is 2.91. The van der Waals surface area contributed by atoms with E-state index in [0.717, 1.165) is 21.4 Å². The number of aliphatic hydroxyl groups excluding tert-OH is 1. The Morgan fingerprint density at radius 1 is 1.44 bits per heavy atom. The van der Waals surface area contributed by atoms with Crippen LogP contribution >= 0.6 is 15.9 Å². The predicted octanol–water partition coefficient (Wildman–Crippen LogP) is 2.35. The van der Waals surface area contributed by atoms with E-state index in [-0.39, 0.29) is 0 Å². The maximum absolute atomic E-state index is 10.3. The third kappa shape index (κ3) is 2.73. The van der Waals surface area contributed by atoms with Crippen LogP contribution in [-0.4, -0.2) is 14.9 Å². The first-order valence-electron chi connectivity index (χ1n) is 5.70. The van der Waals surface area contributed by atoms with E-state index in [1.165, 1.54) is 0 Å². The number of nitrogen functional groups attached to an aromatic ring is 1. The van der Waals surface area contributed by atoms with Crippen LogP contribution in [0.4, 0.5) is 5.69 Å². The average Bonchev–Trinajstić information content (AvgIpc) is 2.61. The summed E-state index contributed by atoms with van der Waals surface area (Å²) in [5.41, 5.74) is 9.16. The fraction of sp³-hybridized carbons (Fsp3) is 0.308. The Morgan fingerprint density at radius 2 is 2.17 bits per heavy atom. The lowest BCUT2D eigenvalue weighted by Crippen LogP contribution is -2.08. The van der Waals surface area contributed by atoms with Crippen molar-refractivity contribution in [2.24, 2.45) is 7.05 Å². The third-order valence-corrected chi connectivity index (χ3v) is 3.40. The molecule has 4 nitrogen and oxygen atoms in total. The van der Waals surface area contributed by atoms with Gasteiger partial charge in [0.25, 0.3) is 0 Å². The van der Waals surface area contributed by atoms with Gasteiger partial charge in [-0.25, -0.2) is 0 Å². The minimum absolute atomic E-state index is 0.498. The van der Waals surface area contributed by atoms with Crippen LogP contribution in [0.1, 0.15) is 23.1 Å². The molecule has 0 spiro atoms. The number of hydrogen-bond acceptors (Lipinski definition) is 3. The highest BCUT2D eigenvalue weighted by atomic mass is 79.9. The van der Waals surface area contributed by atoms with E-state index in [2.05, 4.69) is 21.0 Å². The average molecular weight is 310 g/mol. The van der Waals surface area contributed by atoms with Gasteiger partial charge in [-0.15, -0.1) is 0 Å². The summed E-state index contributed by atoms with van der Waals surface area (Å²) in [7, 11) is 1.87. The number of benzene rings is 1. The summed E-state index contributed by atoms with van der Waals surface area (Å²) in [4.78, 5) is 0. The molecule has 0 aliphatic rings. The van der Waals surface area contributed by atoms with Crippen LogP contribution in [0.2, 0.25) is 0 Å². The molecule has 0 aliphatic heterocycles. The number of aryl methyl sites for hydroxylation is 2. The molecule has 2 aromatic rings. The van der Waals surface area contributed by atoms with Gasteiger partial charge in [-0.1, -0.05) is 15.9 Å². The summed E-state index contributed by atoms with van der Waals surface area (Å²) in [5, 5.41) is 14.5. The highest BCUT2D eigenvalue weighted by Gasteiger charge is 2.14. The second kappa shape index (κ2) is 5.12. The van der Waals surface area contributed by atoms with Crippen molar-refractivity contribution in [2.75, 3.05) is 5.73 Å². The number of rotatable bonds is 3. The molecule has 1 unspecified atom stereocenters. The normalized spacial score (nSPS) is 12.7. The van der Waals surface area contributed by atoms with Crippen molar-refractivity contribution in [3.8, 4) is 0 Å². The van der Waals surface area contributed by atoms with Crippen LogP contribution in [-0.2, 0) is 13.5 Å². The lowest BCUT2D eigenvalue weighted by atomic mass is 10.0. The van der Waals surface area contributed by atoms with Crippen molar-refractivity contribution >= 4 is 21.6 Å². The molecule has 0 aliphatic carbocycles. The van der Waals surface area contributed by atoms with E-state index in [4.69, 9.17) is 5.73 Å². The van der Waals surface area contributed by atoms with E-state index in [0.29, 0.717) is 12.1 Å². The van der Waals surface area contributed by atoms with Crippen LogP contribution in [0.15, 0.2) is 28.7 Å². The molecule has 1 atom stereocenters. The van der Waals surface area contributed by atoms with Gasteiger partial charge in [0, 0.05) is 34.9 Å². The topological polar surface area (TPSA) is 64.1 Å². The molecule has 1 heterocycles. The first kappa shape index (κ1) is 13.1. The number of nitrogens with two attached hydrogens (primary N) is 1. The van der Waals surface area contributed by atoms with Crippen molar-refractivity contribution in [2.45, 2.75) is 19.4 Å². The van der Waals surface area contributed by atoms with Crippen LogP contribution in [0.3, 0.4) is 0 Å². The van der Waals surface area contributed by atoms with Crippen molar-refractivity contribution < 1.29 is 5.11 Å². The molecule has 0 amide bonds. The number of aliphatic hydroxyl groups is 1. The zero-order chi connectivity index (χ0) is 13.3. The van der Waals surface area contributed by atoms with Crippen molar-refractivity contribution in [1.82, 2.24) is 9.78 Å². The standard InChI is InChI=1S/C13H16BrN3O/c1-8-5-10(17(2)16-8)7-13(18)11-6-9(14)3-4-12(11)15/h3-6,13,18H,7,15H2,1-2H3. The number of nitrogens with zero attached hydrogens (tertiary/aromatic N) is 2. The molecule has 0 bridgehead atoms. The van der Waals surface area contributed by atoms with Gasteiger partial charge in [0.15, 0.2) is 0 Å². The Bertz CT molecular complexity index is 565. The van der Waals surface area contributed by atoms with E-state index in [1.54, 1.807) is 10.7 Å². The van der Waals surface area contributed by atoms with Crippen molar-refractivity contribution in [3.05, 3.63) is 45.7 Å². The Hall–Kier alpha value is -1.33. The van der Waals surface area contributed by atoms with Gasteiger partial charge in [-0.05, 0) is 31.2 Å². The fourth-order valence-corrected chi connectivity index (χ4v) is 2.38. The number of hydrogen-bond donors (Lipinski definition) is 2. The van der Waals surface area contributed by atoms with Crippen LogP contribution in [0.25, 0.3) is 0 Å². The van der Waals surface area contributed by atoms with Gasteiger partial charge in [-0.2, -0.15) is 5.10 Å². The summed E-state index contributed by atoms with van der Waals surface area (Å²) in [5.74, 6) is 0. The van der Waals surface area contributed by atoms with Crippen LogP contribution < -0.4 is 5.73 Å². The Morgan fingerprint density at radius 3 is 2.78 bits per heavy atom. The molecule has 2 rings (SSSR count). The molecule has 1 aromatic heterocycles. The van der Waals surface area contributed by atoms with Gasteiger partial charge in [0.1, 0.15) is 0 Å². The van der Waals surface area contributed by atoms with Gasteiger partial charge in [0.2, 0.25) is 0 Å². The summed E-state index contributed by atoms with van der Waals surface area (Å²) in [6.07, 6.45) is -0.129. The predicted molar refractivity (Wildman–Crippen MR) is 75.2 cm³/mol. The Labute approximate surface area is 115 Å². The highest BCUT2D eigenvalue weighted by Crippen LogP contribution is 2.27. The van der Waals surface area contributed by atoms with E-state index >= 15 is 0 Å². The molecule has 0 saturated carbocycles. The summed E-state index contributed by atoms with van der Waals surface area (Å²) >= 11 is 3.38.